The third-order valence-corrected chi connectivity index (χ3v) is 4.01. The van der Waals surface area contributed by atoms with Gasteiger partial charge in [-0.3, -0.25) is 9.59 Å². The van der Waals surface area contributed by atoms with Crippen LogP contribution in [0.3, 0.4) is 0 Å². The Morgan fingerprint density at radius 1 is 1.36 bits per heavy atom. The SMILES string of the molecule is COc1cc(C)ccc1OCC(=O)N1CCC(C)(C(=O)O)C1. The van der Waals surface area contributed by atoms with E-state index >= 15 is 0 Å². The molecule has 1 atom stereocenters. The predicted molar refractivity (Wildman–Crippen MR) is 80.2 cm³/mol. The van der Waals surface area contributed by atoms with Crippen LogP contribution >= 0.6 is 0 Å². The van der Waals surface area contributed by atoms with Crippen LogP contribution in [0.4, 0.5) is 0 Å². The van der Waals surface area contributed by atoms with Gasteiger partial charge in [0.05, 0.1) is 12.5 Å². The molecule has 0 aromatic heterocycles. The Morgan fingerprint density at radius 3 is 2.68 bits per heavy atom. The fourth-order valence-corrected chi connectivity index (χ4v) is 2.47. The maximum Gasteiger partial charge on any atom is 0.311 e. The first-order valence-corrected chi connectivity index (χ1v) is 7.14. The maximum absolute atomic E-state index is 12.2. The van der Waals surface area contributed by atoms with Crippen LogP contribution in [0.15, 0.2) is 18.2 Å². The monoisotopic (exact) mass is 307 g/mol. The highest BCUT2D eigenvalue weighted by Crippen LogP contribution is 2.31. The van der Waals surface area contributed by atoms with Gasteiger partial charge in [-0.1, -0.05) is 6.07 Å². The molecule has 1 amide bonds. The number of methoxy groups -OCH3 is 1. The molecule has 2 rings (SSSR count). The molecule has 0 bridgehead atoms. The number of likely N-dealkylation sites (tertiary alicyclic amines) is 1. The number of hydrogen-bond acceptors (Lipinski definition) is 4. The number of carbonyl (C=O) groups is 2. The number of amides is 1. The summed E-state index contributed by atoms with van der Waals surface area (Å²) in [6.45, 7) is 4.13. The van der Waals surface area contributed by atoms with Crippen LogP contribution in [-0.4, -0.2) is 48.7 Å². The number of ether oxygens (including phenoxy) is 2. The molecule has 0 aliphatic carbocycles. The van der Waals surface area contributed by atoms with Gasteiger partial charge >= 0.3 is 5.97 Å². The van der Waals surface area contributed by atoms with Gasteiger partial charge < -0.3 is 19.5 Å². The van der Waals surface area contributed by atoms with Crippen molar-refractivity contribution in [2.24, 2.45) is 5.41 Å². The second-order valence-corrected chi connectivity index (χ2v) is 5.87. The van der Waals surface area contributed by atoms with Crippen LogP contribution in [0.2, 0.25) is 0 Å². The van der Waals surface area contributed by atoms with E-state index in [2.05, 4.69) is 0 Å². The molecule has 1 aromatic carbocycles. The highest BCUT2D eigenvalue weighted by Gasteiger charge is 2.42. The first-order valence-electron chi connectivity index (χ1n) is 7.14. The van der Waals surface area contributed by atoms with E-state index in [1.54, 1.807) is 20.1 Å². The third kappa shape index (κ3) is 3.32. The molecule has 1 aliphatic rings. The zero-order valence-corrected chi connectivity index (χ0v) is 13.1. The van der Waals surface area contributed by atoms with Crippen molar-refractivity contribution in [3.05, 3.63) is 23.8 Å². The van der Waals surface area contributed by atoms with Gasteiger partial charge in [0.2, 0.25) is 0 Å². The van der Waals surface area contributed by atoms with Gasteiger partial charge in [0.1, 0.15) is 0 Å². The van der Waals surface area contributed by atoms with Crippen molar-refractivity contribution in [3.8, 4) is 11.5 Å². The molecule has 1 aliphatic heterocycles. The molecule has 6 heteroatoms. The topological polar surface area (TPSA) is 76.1 Å². The molecule has 0 saturated carbocycles. The fraction of sp³-hybridized carbons (Fsp3) is 0.500. The summed E-state index contributed by atoms with van der Waals surface area (Å²) in [7, 11) is 1.54. The number of carboxylic acid groups (broad SMARTS) is 1. The van der Waals surface area contributed by atoms with E-state index in [9.17, 15) is 14.7 Å². The largest absolute Gasteiger partial charge is 0.493 e. The lowest BCUT2D eigenvalue weighted by molar-refractivity contribution is -0.147. The molecule has 1 fully saturated rings. The molecule has 0 spiro atoms. The minimum Gasteiger partial charge on any atom is -0.493 e. The van der Waals surface area contributed by atoms with Crippen LogP contribution in [-0.2, 0) is 9.59 Å². The number of aliphatic carboxylic acids is 1. The fourth-order valence-electron chi connectivity index (χ4n) is 2.47. The van der Waals surface area contributed by atoms with E-state index in [-0.39, 0.29) is 19.1 Å². The molecule has 1 heterocycles. The zero-order chi connectivity index (χ0) is 16.3. The normalized spacial score (nSPS) is 20.8. The summed E-state index contributed by atoms with van der Waals surface area (Å²) < 4.78 is 10.7. The van der Waals surface area contributed by atoms with Crippen LogP contribution in [0.25, 0.3) is 0 Å². The van der Waals surface area contributed by atoms with Crippen molar-refractivity contribution in [1.29, 1.82) is 0 Å². The van der Waals surface area contributed by atoms with Gasteiger partial charge in [0.15, 0.2) is 18.1 Å². The van der Waals surface area contributed by atoms with E-state index in [4.69, 9.17) is 9.47 Å². The summed E-state index contributed by atoms with van der Waals surface area (Å²) in [6.07, 6.45) is 0.460. The van der Waals surface area contributed by atoms with Gasteiger partial charge in [-0.25, -0.2) is 0 Å². The molecule has 1 saturated heterocycles. The molecule has 1 N–H and O–H groups in total. The molecule has 22 heavy (non-hydrogen) atoms. The van der Waals surface area contributed by atoms with E-state index in [1.165, 1.54) is 4.90 Å². The number of carbonyl (C=O) groups excluding carboxylic acids is 1. The number of rotatable bonds is 5. The van der Waals surface area contributed by atoms with Gasteiger partial charge in [0, 0.05) is 13.1 Å². The Labute approximate surface area is 129 Å². The third-order valence-electron chi connectivity index (χ3n) is 4.01. The highest BCUT2D eigenvalue weighted by molar-refractivity contribution is 5.81. The molecule has 120 valence electrons. The number of nitrogens with zero attached hydrogens (tertiary/aromatic N) is 1. The number of aryl methyl sites for hydroxylation is 1. The van der Waals surface area contributed by atoms with Gasteiger partial charge in [-0.15, -0.1) is 0 Å². The molecule has 1 aromatic rings. The minimum absolute atomic E-state index is 0.130. The molecular weight excluding hydrogens is 286 g/mol. The van der Waals surface area contributed by atoms with Gasteiger partial charge in [-0.2, -0.15) is 0 Å². The summed E-state index contributed by atoms with van der Waals surface area (Å²) in [5, 5.41) is 9.19. The zero-order valence-electron chi connectivity index (χ0n) is 13.1. The van der Waals surface area contributed by atoms with Gasteiger partial charge in [0.25, 0.3) is 5.91 Å². The Morgan fingerprint density at radius 2 is 2.09 bits per heavy atom. The van der Waals surface area contributed by atoms with Crippen LogP contribution < -0.4 is 9.47 Å². The first kappa shape index (κ1) is 16.1. The van der Waals surface area contributed by atoms with Crippen LogP contribution in [0.5, 0.6) is 11.5 Å². The predicted octanol–water partition coefficient (Wildman–Crippen LogP) is 1.71. The van der Waals surface area contributed by atoms with Crippen molar-refractivity contribution in [1.82, 2.24) is 4.90 Å². The standard InChI is InChI=1S/C16H21NO5/c1-11-4-5-12(13(8-11)21-3)22-9-14(18)17-7-6-16(2,10-17)15(19)20/h4-5,8H,6-7,9-10H2,1-3H3,(H,19,20). The second kappa shape index (κ2) is 6.25. The van der Waals surface area contributed by atoms with Crippen LogP contribution in [0, 0.1) is 12.3 Å². The average molecular weight is 307 g/mol. The lowest BCUT2D eigenvalue weighted by atomic mass is 9.90. The Balaban J connectivity index is 1.95. The molecule has 1 unspecified atom stereocenters. The quantitative estimate of drug-likeness (QED) is 0.896. The highest BCUT2D eigenvalue weighted by atomic mass is 16.5. The second-order valence-electron chi connectivity index (χ2n) is 5.87. The number of carboxylic acids is 1. The smallest absolute Gasteiger partial charge is 0.311 e. The van der Waals surface area contributed by atoms with Crippen molar-refractivity contribution in [3.63, 3.8) is 0 Å². The summed E-state index contributed by atoms with van der Waals surface area (Å²) in [5.74, 6) is -0.0113. The lowest BCUT2D eigenvalue weighted by Crippen LogP contribution is -2.37. The Kier molecular flexibility index (Phi) is 4.59. The van der Waals surface area contributed by atoms with Gasteiger partial charge in [-0.05, 0) is 38.0 Å². The number of hydrogen-bond donors (Lipinski definition) is 1. The maximum atomic E-state index is 12.2. The van der Waals surface area contributed by atoms with E-state index in [1.807, 2.05) is 19.1 Å². The van der Waals surface area contributed by atoms with Crippen molar-refractivity contribution < 1.29 is 24.2 Å². The van der Waals surface area contributed by atoms with E-state index in [0.717, 1.165) is 5.56 Å². The van der Waals surface area contributed by atoms with Crippen molar-refractivity contribution in [2.45, 2.75) is 20.3 Å². The van der Waals surface area contributed by atoms with Crippen molar-refractivity contribution >= 4 is 11.9 Å². The molecular formula is C16H21NO5. The summed E-state index contributed by atoms with van der Waals surface area (Å²) in [5.41, 5.74) is 0.171. The summed E-state index contributed by atoms with van der Waals surface area (Å²) >= 11 is 0. The first-order chi connectivity index (χ1) is 10.4. The molecule has 6 nitrogen and oxygen atoms in total. The number of benzene rings is 1. The van der Waals surface area contributed by atoms with E-state index < -0.39 is 11.4 Å². The lowest BCUT2D eigenvalue weighted by Gasteiger charge is -2.20. The van der Waals surface area contributed by atoms with E-state index in [0.29, 0.717) is 24.5 Å². The summed E-state index contributed by atoms with van der Waals surface area (Å²) in [4.78, 5) is 24.9. The summed E-state index contributed by atoms with van der Waals surface area (Å²) in [6, 6.07) is 5.46. The average Bonchev–Trinajstić information content (AvgIpc) is 2.89. The Hall–Kier alpha value is -2.24. The van der Waals surface area contributed by atoms with Crippen LogP contribution in [0.1, 0.15) is 18.9 Å². The minimum atomic E-state index is -0.871. The van der Waals surface area contributed by atoms with Crippen molar-refractivity contribution in [2.75, 3.05) is 26.8 Å². The Bertz CT molecular complexity index is 586. The molecule has 0 radical (unpaired) electrons.